The molecule has 4 saturated carbocycles. The molecule has 2 N–H and O–H groups in total. The Kier molecular flexibility index (Phi) is 1.34. The zero-order valence-corrected chi connectivity index (χ0v) is 8.16. The lowest BCUT2D eigenvalue weighted by Crippen LogP contribution is -2.61. The fourth-order valence-electron chi connectivity index (χ4n) is 4.52. The van der Waals surface area contributed by atoms with Crippen LogP contribution in [0.5, 0.6) is 0 Å². The van der Waals surface area contributed by atoms with Crippen LogP contribution in [-0.2, 0) is 0 Å². The molecule has 0 aromatic carbocycles. The van der Waals surface area contributed by atoms with E-state index in [9.17, 15) is 10.2 Å². The van der Waals surface area contributed by atoms with E-state index in [1.807, 2.05) is 0 Å². The lowest BCUT2D eigenvalue weighted by molar-refractivity contribution is -0.213. The van der Waals surface area contributed by atoms with Crippen LogP contribution in [0, 0.1) is 17.3 Å². The summed E-state index contributed by atoms with van der Waals surface area (Å²) in [6, 6.07) is 0. The maximum Gasteiger partial charge on any atom is 0.0660 e. The average molecular weight is 182 g/mol. The maximum absolute atomic E-state index is 10.3. The van der Waals surface area contributed by atoms with Crippen molar-refractivity contribution in [3.8, 4) is 0 Å². The van der Waals surface area contributed by atoms with E-state index in [2.05, 4.69) is 6.92 Å². The first-order valence-electron chi connectivity index (χ1n) is 5.41. The molecule has 4 bridgehead atoms. The highest BCUT2D eigenvalue weighted by Crippen LogP contribution is 2.61. The molecule has 2 nitrogen and oxygen atoms in total. The van der Waals surface area contributed by atoms with Crippen molar-refractivity contribution in [1.29, 1.82) is 0 Å². The summed E-state index contributed by atoms with van der Waals surface area (Å²) in [5, 5.41) is 20.4. The van der Waals surface area contributed by atoms with Crippen LogP contribution in [0.25, 0.3) is 0 Å². The molecule has 0 unspecified atom stereocenters. The summed E-state index contributed by atoms with van der Waals surface area (Å²) in [5.74, 6) is 1.07. The lowest BCUT2D eigenvalue weighted by atomic mass is 9.47. The zero-order valence-electron chi connectivity index (χ0n) is 8.16. The van der Waals surface area contributed by atoms with E-state index < -0.39 is 5.60 Å². The van der Waals surface area contributed by atoms with Crippen LogP contribution < -0.4 is 0 Å². The second kappa shape index (κ2) is 2.12. The van der Waals surface area contributed by atoms with Crippen molar-refractivity contribution in [1.82, 2.24) is 0 Å². The van der Waals surface area contributed by atoms with Gasteiger partial charge in [-0.1, -0.05) is 6.92 Å². The van der Waals surface area contributed by atoms with Gasteiger partial charge in [-0.15, -0.1) is 0 Å². The number of aliphatic hydroxyl groups is 2. The van der Waals surface area contributed by atoms with E-state index in [0.717, 1.165) is 32.1 Å². The summed E-state index contributed by atoms with van der Waals surface area (Å²) in [6.07, 6.45) is 4.80. The van der Waals surface area contributed by atoms with Crippen molar-refractivity contribution in [3.05, 3.63) is 0 Å². The predicted molar refractivity (Wildman–Crippen MR) is 49.1 cm³/mol. The van der Waals surface area contributed by atoms with Crippen LogP contribution in [0.3, 0.4) is 0 Å². The predicted octanol–water partition coefficient (Wildman–Crippen LogP) is 1.31. The van der Waals surface area contributed by atoms with Crippen LogP contribution in [-0.4, -0.2) is 21.9 Å². The molecule has 4 rings (SSSR count). The molecule has 0 heterocycles. The Balaban J connectivity index is 2.01. The largest absolute Gasteiger partial charge is 0.392 e. The van der Waals surface area contributed by atoms with Gasteiger partial charge in [0.1, 0.15) is 0 Å². The van der Waals surface area contributed by atoms with Crippen molar-refractivity contribution >= 4 is 0 Å². The van der Waals surface area contributed by atoms with Gasteiger partial charge >= 0.3 is 0 Å². The van der Waals surface area contributed by atoms with E-state index in [0.29, 0.717) is 11.8 Å². The van der Waals surface area contributed by atoms with Gasteiger partial charge in [-0.05, 0) is 49.4 Å². The zero-order chi connectivity index (χ0) is 9.27. The van der Waals surface area contributed by atoms with Crippen LogP contribution in [0.1, 0.15) is 39.0 Å². The third kappa shape index (κ3) is 0.962. The Labute approximate surface area is 79.0 Å². The van der Waals surface area contributed by atoms with Crippen molar-refractivity contribution in [2.75, 3.05) is 0 Å². The number of aliphatic hydroxyl groups excluding tert-OH is 1. The molecular formula is C11H18O2. The van der Waals surface area contributed by atoms with Gasteiger partial charge in [-0.3, -0.25) is 0 Å². The molecule has 0 aromatic rings. The quantitative estimate of drug-likeness (QED) is 0.593. The molecule has 0 amide bonds. The summed E-state index contributed by atoms with van der Waals surface area (Å²) >= 11 is 0. The average Bonchev–Trinajstić information content (AvgIpc) is 1.96. The fourth-order valence-corrected chi connectivity index (χ4v) is 4.52. The molecule has 4 aliphatic carbocycles. The normalized spacial score (nSPS) is 64.4. The molecule has 0 radical (unpaired) electrons. The van der Waals surface area contributed by atoms with E-state index in [1.54, 1.807) is 0 Å². The maximum atomic E-state index is 10.3. The Morgan fingerprint density at radius 2 is 2.00 bits per heavy atom. The molecule has 0 aliphatic heterocycles. The summed E-state index contributed by atoms with van der Waals surface area (Å²) in [7, 11) is 0. The first-order valence-corrected chi connectivity index (χ1v) is 5.41. The van der Waals surface area contributed by atoms with Crippen molar-refractivity contribution in [3.63, 3.8) is 0 Å². The highest BCUT2D eigenvalue weighted by Gasteiger charge is 2.59. The van der Waals surface area contributed by atoms with E-state index in [4.69, 9.17) is 0 Å². The van der Waals surface area contributed by atoms with Crippen LogP contribution in [0.4, 0.5) is 0 Å². The lowest BCUT2D eigenvalue weighted by Gasteiger charge is -2.61. The molecular weight excluding hydrogens is 164 g/mol. The molecule has 13 heavy (non-hydrogen) atoms. The molecule has 2 heteroatoms. The SMILES string of the molecule is C[C@@]12C[C@@H]3C[C@@H](C[C@@](O)(C3)C1)[C@@H]2O. The number of hydrogen-bond acceptors (Lipinski definition) is 2. The Bertz CT molecular complexity index is 252. The first-order chi connectivity index (χ1) is 6.01. The Morgan fingerprint density at radius 3 is 2.62 bits per heavy atom. The van der Waals surface area contributed by atoms with E-state index >= 15 is 0 Å². The minimum atomic E-state index is -0.417. The topological polar surface area (TPSA) is 40.5 Å². The highest BCUT2D eigenvalue weighted by atomic mass is 16.3. The Morgan fingerprint density at radius 1 is 1.23 bits per heavy atom. The molecule has 4 fully saturated rings. The van der Waals surface area contributed by atoms with E-state index in [-0.39, 0.29) is 11.5 Å². The van der Waals surface area contributed by atoms with Crippen LogP contribution in [0.15, 0.2) is 0 Å². The van der Waals surface area contributed by atoms with Crippen LogP contribution in [0.2, 0.25) is 0 Å². The van der Waals surface area contributed by atoms with Gasteiger partial charge in [0, 0.05) is 0 Å². The van der Waals surface area contributed by atoms with Crippen molar-refractivity contribution < 1.29 is 10.2 Å². The van der Waals surface area contributed by atoms with Gasteiger partial charge in [0.15, 0.2) is 0 Å². The summed E-state index contributed by atoms with van der Waals surface area (Å²) in [5.41, 5.74) is -0.390. The fraction of sp³-hybridized carbons (Fsp3) is 1.00. The smallest absolute Gasteiger partial charge is 0.0660 e. The van der Waals surface area contributed by atoms with Gasteiger partial charge in [-0.25, -0.2) is 0 Å². The monoisotopic (exact) mass is 182 g/mol. The van der Waals surface area contributed by atoms with Crippen molar-refractivity contribution in [2.24, 2.45) is 17.3 Å². The molecule has 5 atom stereocenters. The van der Waals surface area contributed by atoms with Gasteiger partial charge in [0.25, 0.3) is 0 Å². The summed E-state index contributed by atoms with van der Waals surface area (Å²) < 4.78 is 0. The van der Waals surface area contributed by atoms with Gasteiger partial charge in [-0.2, -0.15) is 0 Å². The number of hydrogen-bond donors (Lipinski definition) is 2. The Hall–Kier alpha value is -0.0800. The van der Waals surface area contributed by atoms with Gasteiger partial charge in [0.05, 0.1) is 11.7 Å². The van der Waals surface area contributed by atoms with Gasteiger partial charge < -0.3 is 10.2 Å². The molecule has 0 saturated heterocycles. The van der Waals surface area contributed by atoms with Gasteiger partial charge in [0.2, 0.25) is 0 Å². The third-order valence-electron chi connectivity index (χ3n) is 4.60. The second-order valence-corrected chi connectivity index (χ2v) is 5.97. The molecule has 4 aliphatic rings. The number of rotatable bonds is 0. The molecule has 0 spiro atoms. The highest BCUT2D eigenvalue weighted by molar-refractivity contribution is 5.10. The second-order valence-electron chi connectivity index (χ2n) is 5.97. The van der Waals surface area contributed by atoms with Crippen molar-refractivity contribution in [2.45, 2.75) is 50.7 Å². The minimum Gasteiger partial charge on any atom is -0.392 e. The molecule has 0 aromatic heterocycles. The van der Waals surface area contributed by atoms with E-state index in [1.165, 1.54) is 0 Å². The van der Waals surface area contributed by atoms with Crippen LogP contribution >= 0.6 is 0 Å². The standard InChI is InChI=1S/C11H18O2/c1-10-3-7-2-8(9(10)12)5-11(13,4-7)6-10/h7-9,12-13H,2-6H2,1H3/t7-,8-,9-,10+,11-/m0/s1. The summed E-state index contributed by atoms with van der Waals surface area (Å²) in [4.78, 5) is 0. The minimum absolute atomic E-state index is 0.0266. The molecule has 74 valence electrons. The summed E-state index contributed by atoms with van der Waals surface area (Å²) in [6.45, 7) is 2.15. The first kappa shape index (κ1) is 8.25. The third-order valence-corrected chi connectivity index (χ3v) is 4.60.